The first kappa shape index (κ1) is 14.4. The maximum atomic E-state index is 11.4. The predicted molar refractivity (Wildman–Crippen MR) is 54.5 cm³/mol. The molecule has 0 bridgehead atoms. The Morgan fingerprint density at radius 3 is 2.25 bits per heavy atom. The molecule has 2 amide bonds. The lowest BCUT2D eigenvalue weighted by atomic mass is 9.85. The lowest BCUT2D eigenvalue weighted by Crippen LogP contribution is -2.46. The van der Waals surface area contributed by atoms with Crippen LogP contribution in [-0.2, 0) is 14.4 Å². The molecule has 7 nitrogen and oxygen atoms in total. The Bertz CT molecular complexity index is 292. The zero-order chi connectivity index (χ0) is 12.8. The van der Waals surface area contributed by atoms with E-state index in [1.807, 2.05) is 0 Å². The summed E-state index contributed by atoms with van der Waals surface area (Å²) in [6.07, 6.45) is -0.470. The van der Waals surface area contributed by atoms with Gasteiger partial charge in [0.2, 0.25) is 11.8 Å². The van der Waals surface area contributed by atoms with Gasteiger partial charge < -0.3 is 20.8 Å². The summed E-state index contributed by atoms with van der Waals surface area (Å²) in [6.45, 7) is 0.963. The Hall–Kier alpha value is -1.63. The van der Waals surface area contributed by atoms with E-state index in [9.17, 15) is 14.4 Å². The summed E-state index contributed by atoms with van der Waals surface area (Å²) in [6, 6.07) is 0. The molecule has 7 heteroatoms. The average Bonchev–Trinajstić information content (AvgIpc) is 2.24. The summed E-state index contributed by atoms with van der Waals surface area (Å²) in [5.41, 5.74) is -1.80. The molecule has 0 aliphatic carbocycles. The van der Waals surface area contributed by atoms with Crippen molar-refractivity contribution in [1.29, 1.82) is 0 Å². The summed E-state index contributed by atoms with van der Waals surface area (Å²) in [5.74, 6) is -2.70. The molecule has 0 aromatic rings. The molecule has 1 atom stereocenters. The Morgan fingerprint density at radius 2 is 1.88 bits per heavy atom. The van der Waals surface area contributed by atoms with Crippen LogP contribution in [0.5, 0.6) is 0 Å². The van der Waals surface area contributed by atoms with Crippen LogP contribution in [0, 0.1) is 5.41 Å². The van der Waals surface area contributed by atoms with Crippen LogP contribution in [0.2, 0.25) is 0 Å². The highest BCUT2D eigenvalue weighted by molar-refractivity contribution is 6.04. The van der Waals surface area contributed by atoms with Crippen LogP contribution in [0.15, 0.2) is 0 Å². The van der Waals surface area contributed by atoms with E-state index in [2.05, 4.69) is 10.6 Å². The van der Waals surface area contributed by atoms with Gasteiger partial charge in [0.1, 0.15) is 0 Å². The molecule has 0 radical (unpaired) electrons. The van der Waals surface area contributed by atoms with Gasteiger partial charge >= 0.3 is 5.97 Å². The second kappa shape index (κ2) is 6.06. The number of carboxylic acids is 1. The van der Waals surface area contributed by atoms with Crippen LogP contribution in [-0.4, -0.2) is 48.2 Å². The van der Waals surface area contributed by atoms with Crippen LogP contribution < -0.4 is 10.6 Å². The van der Waals surface area contributed by atoms with Gasteiger partial charge in [-0.1, -0.05) is 0 Å². The number of carbonyl (C=O) groups is 3. The van der Waals surface area contributed by atoms with E-state index in [1.165, 1.54) is 14.0 Å². The third-order valence-electron chi connectivity index (χ3n) is 2.15. The number of hydrogen-bond acceptors (Lipinski definition) is 4. The fourth-order valence-electron chi connectivity index (χ4n) is 1.11. The number of carboxylic acid groups (broad SMARTS) is 1. The zero-order valence-corrected chi connectivity index (χ0v) is 9.24. The highest BCUT2D eigenvalue weighted by atomic mass is 16.4. The Balaban J connectivity index is 4.63. The molecular formula is C9H16N2O5. The molecule has 0 rings (SSSR count). The quantitative estimate of drug-likeness (QED) is 0.408. The minimum atomic E-state index is -1.80. The van der Waals surface area contributed by atoms with Crippen molar-refractivity contribution in [2.75, 3.05) is 20.2 Å². The second-order valence-electron chi connectivity index (χ2n) is 3.47. The first-order valence-corrected chi connectivity index (χ1v) is 4.71. The van der Waals surface area contributed by atoms with E-state index in [1.54, 1.807) is 0 Å². The third-order valence-corrected chi connectivity index (χ3v) is 2.15. The van der Waals surface area contributed by atoms with E-state index >= 15 is 0 Å². The van der Waals surface area contributed by atoms with Crippen LogP contribution in [0.25, 0.3) is 0 Å². The Kier molecular flexibility index (Phi) is 5.44. The van der Waals surface area contributed by atoms with E-state index in [0.29, 0.717) is 0 Å². The van der Waals surface area contributed by atoms with Crippen molar-refractivity contribution in [3.8, 4) is 0 Å². The summed E-state index contributed by atoms with van der Waals surface area (Å²) in [7, 11) is 1.30. The maximum Gasteiger partial charge on any atom is 0.319 e. The maximum absolute atomic E-state index is 11.4. The van der Waals surface area contributed by atoms with Crippen molar-refractivity contribution in [3.63, 3.8) is 0 Å². The summed E-state index contributed by atoms with van der Waals surface area (Å²) >= 11 is 0. The molecule has 0 saturated carbocycles. The number of aliphatic hydroxyl groups is 1. The SMILES string of the molecule is CNC(=O)C(C)(CC(=O)NCCO)C(=O)O. The molecular weight excluding hydrogens is 216 g/mol. The van der Waals surface area contributed by atoms with Gasteiger partial charge in [-0.25, -0.2) is 0 Å². The number of rotatable bonds is 6. The lowest BCUT2D eigenvalue weighted by molar-refractivity contribution is -0.157. The number of aliphatic carboxylic acids is 1. The first-order valence-electron chi connectivity index (χ1n) is 4.71. The fourth-order valence-corrected chi connectivity index (χ4v) is 1.11. The molecule has 4 N–H and O–H groups in total. The van der Waals surface area contributed by atoms with E-state index in [4.69, 9.17) is 10.2 Å². The van der Waals surface area contributed by atoms with E-state index in [-0.39, 0.29) is 13.2 Å². The Morgan fingerprint density at radius 1 is 1.31 bits per heavy atom. The molecule has 16 heavy (non-hydrogen) atoms. The van der Waals surface area contributed by atoms with Gasteiger partial charge in [-0.05, 0) is 6.92 Å². The third kappa shape index (κ3) is 3.50. The van der Waals surface area contributed by atoms with Crippen molar-refractivity contribution in [1.82, 2.24) is 10.6 Å². The van der Waals surface area contributed by atoms with E-state index in [0.717, 1.165) is 0 Å². The van der Waals surface area contributed by atoms with Crippen molar-refractivity contribution in [3.05, 3.63) is 0 Å². The number of aliphatic hydroxyl groups excluding tert-OH is 1. The minimum absolute atomic E-state index is 0.0300. The number of amides is 2. The smallest absolute Gasteiger partial charge is 0.319 e. The van der Waals surface area contributed by atoms with Crippen LogP contribution in [0.4, 0.5) is 0 Å². The molecule has 0 spiro atoms. The summed E-state index contributed by atoms with van der Waals surface area (Å²) in [4.78, 5) is 33.6. The van der Waals surface area contributed by atoms with Crippen LogP contribution >= 0.6 is 0 Å². The first-order chi connectivity index (χ1) is 7.38. The second-order valence-corrected chi connectivity index (χ2v) is 3.47. The number of hydrogen-bond donors (Lipinski definition) is 4. The predicted octanol–water partition coefficient (Wildman–Crippen LogP) is -1.68. The number of nitrogens with one attached hydrogen (secondary N) is 2. The van der Waals surface area contributed by atoms with Gasteiger partial charge in [0.05, 0.1) is 13.0 Å². The molecule has 0 aliphatic rings. The standard InChI is InChI=1S/C9H16N2O5/c1-9(8(15)16,7(14)10-2)5-6(13)11-3-4-12/h12H,3-5H2,1-2H3,(H,10,14)(H,11,13)(H,15,16). The molecule has 0 heterocycles. The fraction of sp³-hybridized carbons (Fsp3) is 0.667. The largest absolute Gasteiger partial charge is 0.480 e. The average molecular weight is 232 g/mol. The van der Waals surface area contributed by atoms with Gasteiger partial charge in [0.15, 0.2) is 5.41 Å². The monoisotopic (exact) mass is 232 g/mol. The van der Waals surface area contributed by atoms with Gasteiger partial charge in [-0.15, -0.1) is 0 Å². The van der Waals surface area contributed by atoms with Gasteiger partial charge in [0.25, 0.3) is 0 Å². The summed E-state index contributed by atoms with van der Waals surface area (Å²) < 4.78 is 0. The highest BCUT2D eigenvalue weighted by Crippen LogP contribution is 2.21. The van der Waals surface area contributed by atoms with E-state index < -0.39 is 29.6 Å². The van der Waals surface area contributed by atoms with Crippen LogP contribution in [0.3, 0.4) is 0 Å². The van der Waals surface area contributed by atoms with Gasteiger partial charge in [0, 0.05) is 13.6 Å². The van der Waals surface area contributed by atoms with Crippen molar-refractivity contribution in [2.45, 2.75) is 13.3 Å². The normalized spacial score (nSPS) is 13.7. The molecule has 0 aromatic carbocycles. The van der Waals surface area contributed by atoms with Crippen molar-refractivity contribution in [2.24, 2.45) is 5.41 Å². The van der Waals surface area contributed by atoms with Crippen molar-refractivity contribution >= 4 is 17.8 Å². The number of carbonyl (C=O) groups excluding carboxylic acids is 2. The lowest BCUT2D eigenvalue weighted by Gasteiger charge is -2.21. The molecule has 92 valence electrons. The molecule has 0 saturated heterocycles. The van der Waals surface area contributed by atoms with Gasteiger partial charge in [-0.3, -0.25) is 14.4 Å². The van der Waals surface area contributed by atoms with Gasteiger partial charge in [-0.2, -0.15) is 0 Å². The summed E-state index contributed by atoms with van der Waals surface area (Å²) in [5, 5.41) is 21.9. The zero-order valence-electron chi connectivity index (χ0n) is 9.24. The molecule has 0 aromatic heterocycles. The topological polar surface area (TPSA) is 116 Å². The molecule has 1 unspecified atom stereocenters. The highest BCUT2D eigenvalue weighted by Gasteiger charge is 2.42. The Labute approximate surface area is 92.8 Å². The van der Waals surface area contributed by atoms with Crippen LogP contribution in [0.1, 0.15) is 13.3 Å². The molecule has 0 fully saturated rings. The molecule has 0 aliphatic heterocycles. The minimum Gasteiger partial charge on any atom is -0.480 e. The van der Waals surface area contributed by atoms with Crippen molar-refractivity contribution < 1.29 is 24.6 Å².